The largest absolute Gasteiger partial charge is 0.478 e. The van der Waals surface area contributed by atoms with Crippen LogP contribution in [0.25, 0.3) is 11.3 Å². The lowest BCUT2D eigenvalue weighted by atomic mass is 10.1. The number of carbonyl (C=O) groups is 1. The van der Waals surface area contributed by atoms with Crippen LogP contribution in [0.5, 0.6) is 0 Å². The summed E-state index contributed by atoms with van der Waals surface area (Å²) < 4.78 is 1.69. The average Bonchev–Trinajstić information content (AvgIpc) is 3.10. The SMILES string of the molecule is Cc1ccccc1Cn1cc(C(=O)O)c(-c2ccsc2)n1. The fourth-order valence-electron chi connectivity index (χ4n) is 2.23. The van der Waals surface area contributed by atoms with Crippen LogP contribution in [0.2, 0.25) is 0 Å². The maximum absolute atomic E-state index is 11.4. The van der Waals surface area contributed by atoms with E-state index in [2.05, 4.69) is 5.10 Å². The summed E-state index contributed by atoms with van der Waals surface area (Å²) >= 11 is 1.53. The van der Waals surface area contributed by atoms with Crippen molar-refractivity contribution in [2.24, 2.45) is 0 Å². The Morgan fingerprint density at radius 3 is 2.81 bits per heavy atom. The molecule has 0 fully saturated rings. The molecule has 3 rings (SSSR count). The molecule has 0 radical (unpaired) electrons. The van der Waals surface area contributed by atoms with Gasteiger partial charge in [0.25, 0.3) is 0 Å². The van der Waals surface area contributed by atoms with Gasteiger partial charge in [0.15, 0.2) is 0 Å². The van der Waals surface area contributed by atoms with Gasteiger partial charge in [-0.3, -0.25) is 4.68 Å². The summed E-state index contributed by atoms with van der Waals surface area (Å²) in [5.41, 5.74) is 3.91. The van der Waals surface area contributed by atoms with E-state index in [1.54, 1.807) is 10.9 Å². The molecule has 1 N–H and O–H groups in total. The summed E-state index contributed by atoms with van der Waals surface area (Å²) in [7, 11) is 0. The van der Waals surface area contributed by atoms with Crippen molar-refractivity contribution in [3.8, 4) is 11.3 Å². The molecule has 0 aliphatic carbocycles. The van der Waals surface area contributed by atoms with E-state index >= 15 is 0 Å². The van der Waals surface area contributed by atoms with Crippen LogP contribution < -0.4 is 0 Å². The molecule has 3 aromatic rings. The topological polar surface area (TPSA) is 55.1 Å². The van der Waals surface area contributed by atoms with Crippen molar-refractivity contribution in [3.63, 3.8) is 0 Å². The van der Waals surface area contributed by atoms with Gasteiger partial charge in [-0.1, -0.05) is 24.3 Å². The van der Waals surface area contributed by atoms with E-state index in [0.717, 1.165) is 11.1 Å². The highest BCUT2D eigenvalue weighted by Gasteiger charge is 2.17. The number of carboxylic acid groups (broad SMARTS) is 1. The fraction of sp³-hybridized carbons (Fsp3) is 0.125. The van der Waals surface area contributed by atoms with E-state index in [1.165, 1.54) is 16.9 Å². The molecule has 0 saturated carbocycles. The molecule has 21 heavy (non-hydrogen) atoms. The second-order valence-corrected chi connectivity index (χ2v) is 5.61. The van der Waals surface area contributed by atoms with Gasteiger partial charge in [0.1, 0.15) is 11.3 Å². The zero-order valence-corrected chi connectivity index (χ0v) is 12.3. The molecule has 1 aromatic carbocycles. The van der Waals surface area contributed by atoms with Crippen LogP contribution in [-0.2, 0) is 6.54 Å². The Balaban J connectivity index is 2.00. The smallest absolute Gasteiger partial charge is 0.339 e. The number of benzene rings is 1. The molecule has 4 nitrogen and oxygen atoms in total. The predicted octanol–water partition coefficient (Wildman–Crippen LogP) is 3.67. The molecular formula is C16H14N2O2S. The minimum atomic E-state index is -0.952. The predicted molar refractivity (Wildman–Crippen MR) is 82.8 cm³/mol. The van der Waals surface area contributed by atoms with Gasteiger partial charge >= 0.3 is 5.97 Å². The third kappa shape index (κ3) is 2.73. The van der Waals surface area contributed by atoms with Crippen molar-refractivity contribution < 1.29 is 9.90 Å². The number of thiophene rings is 1. The van der Waals surface area contributed by atoms with Gasteiger partial charge in [-0.15, -0.1) is 0 Å². The van der Waals surface area contributed by atoms with Crippen LogP contribution in [0.3, 0.4) is 0 Å². The van der Waals surface area contributed by atoms with Crippen molar-refractivity contribution in [2.45, 2.75) is 13.5 Å². The van der Waals surface area contributed by atoms with Crippen LogP contribution in [0.15, 0.2) is 47.3 Å². The van der Waals surface area contributed by atoms with Gasteiger partial charge in [-0.2, -0.15) is 16.4 Å². The normalized spacial score (nSPS) is 10.7. The molecule has 0 unspecified atom stereocenters. The van der Waals surface area contributed by atoms with Crippen molar-refractivity contribution >= 4 is 17.3 Å². The van der Waals surface area contributed by atoms with Crippen LogP contribution in [0, 0.1) is 6.92 Å². The molecule has 0 atom stereocenters. The van der Waals surface area contributed by atoms with Gasteiger partial charge in [0.2, 0.25) is 0 Å². The number of hydrogen-bond acceptors (Lipinski definition) is 3. The van der Waals surface area contributed by atoms with Crippen molar-refractivity contribution in [1.29, 1.82) is 0 Å². The first-order chi connectivity index (χ1) is 10.1. The maximum atomic E-state index is 11.4. The summed E-state index contributed by atoms with van der Waals surface area (Å²) in [5.74, 6) is -0.952. The summed E-state index contributed by atoms with van der Waals surface area (Å²) in [5, 5.41) is 17.6. The first-order valence-electron chi connectivity index (χ1n) is 6.53. The Kier molecular flexibility index (Phi) is 3.58. The highest BCUT2D eigenvalue weighted by molar-refractivity contribution is 7.08. The maximum Gasteiger partial charge on any atom is 0.339 e. The fourth-order valence-corrected chi connectivity index (χ4v) is 2.87. The lowest BCUT2D eigenvalue weighted by molar-refractivity contribution is 0.0697. The van der Waals surface area contributed by atoms with Crippen LogP contribution in [-0.4, -0.2) is 20.9 Å². The third-order valence-corrected chi connectivity index (χ3v) is 4.06. The first kappa shape index (κ1) is 13.6. The second-order valence-electron chi connectivity index (χ2n) is 4.83. The minimum Gasteiger partial charge on any atom is -0.478 e. The minimum absolute atomic E-state index is 0.238. The number of carboxylic acids is 1. The van der Waals surface area contributed by atoms with E-state index in [-0.39, 0.29) is 5.56 Å². The number of hydrogen-bond donors (Lipinski definition) is 1. The Bertz CT molecular complexity index is 775. The van der Waals surface area contributed by atoms with Crippen molar-refractivity contribution in [3.05, 3.63) is 64.0 Å². The van der Waals surface area contributed by atoms with Gasteiger partial charge < -0.3 is 5.11 Å². The summed E-state index contributed by atoms with van der Waals surface area (Å²) in [4.78, 5) is 11.4. The first-order valence-corrected chi connectivity index (χ1v) is 7.47. The number of rotatable bonds is 4. The summed E-state index contributed by atoms with van der Waals surface area (Å²) in [6.07, 6.45) is 1.60. The molecule has 2 aromatic heterocycles. The van der Waals surface area contributed by atoms with Crippen LogP contribution in [0.4, 0.5) is 0 Å². The molecule has 0 aliphatic heterocycles. The summed E-state index contributed by atoms with van der Waals surface area (Å²) in [6.45, 7) is 2.60. The number of aromatic carboxylic acids is 1. The van der Waals surface area contributed by atoms with E-state index in [0.29, 0.717) is 12.2 Å². The standard InChI is InChI=1S/C16H14N2O2S/c1-11-4-2-3-5-12(11)8-18-9-14(16(19)20)15(17-18)13-6-7-21-10-13/h2-7,9-10H,8H2,1H3,(H,19,20). The van der Waals surface area contributed by atoms with Gasteiger partial charge in [-0.05, 0) is 29.5 Å². The van der Waals surface area contributed by atoms with Crippen LogP contribution in [0.1, 0.15) is 21.5 Å². The van der Waals surface area contributed by atoms with E-state index in [9.17, 15) is 9.90 Å². The summed E-state index contributed by atoms with van der Waals surface area (Å²) in [6, 6.07) is 9.92. The molecule has 106 valence electrons. The lowest BCUT2D eigenvalue weighted by Crippen LogP contribution is -2.02. The molecule has 5 heteroatoms. The average molecular weight is 298 g/mol. The zero-order chi connectivity index (χ0) is 14.8. The highest BCUT2D eigenvalue weighted by Crippen LogP contribution is 2.25. The second kappa shape index (κ2) is 5.54. The molecule has 0 bridgehead atoms. The highest BCUT2D eigenvalue weighted by atomic mass is 32.1. The molecule has 2 heterocycles. The Morgan fingerprint density at radius 1 is 1.33 bits per heavy atom. The zero-order valence-electron chi connectivity index (χ0n) is 11.5. The Labute approximate surface area is 126 Å². The molecular weight excluding hydrogens is 284 g/mol. The number of aromatic nitrogens is 2. The Morgan fingerprint density at radius 2 is 2.14 bits per heavy atom. The molecule has 0 aliphatic rings. The van der Waals surface area contributed by atoms with E-state index in [4.69, 9.17) is 0 Å². The lowest BCUT2D eigenvalue weighted by Gasteiger charge is -2.05. The quantitative estimate of drug-likeness (QED) is 0.799. The number of nitrogens with zero attached hydrogens (tertiary/aromatic N) is 2. The van der Waals surface area contributed by atoms with E-state index < -0.39 is 5.97 Å². The molecule has 0 saturated heterocycles. The van der Waals surface area contributed by atoms with Crippen molar-refractivity contribution in [2.75, 3.05) is 0 Å². The molecule has 0 amide bonds. The van der Waals surface area contributed by atoms with Crippen molar-refractivity contribution in [1.82, 2.24) is 9.78 Å². The van der Waals surface area contributed by atoms with Gasteiger partial charge in [0.05, 0.1) is 6.54 Å². The van der Waals surface area contributed by atoms with Crippen LogP contribution >= 0.6 is 11.3 Å². The Hall–Kier alpha value is -2.40. The van der Waals surface area contributed by atoms with E-state index in [1.807, 2.05) is 48.0 Å². The van der Waals surface area contributed by atoms with Gasteiger partial charge in [0, 0.05) is 17.1 Å². The molecule has 0 spiro atoms. The van der Waals surface area contributed by atoms with Gasteiger partial charge in [-0.25, -0.2) is 4.79 Å². The third-order valence-electron chi connectivity index (χ3n) is 3.38. The number of aryl methyl sites for hydroxylation is 1. The monoisotopic (exact) mass is 298 g/mol.